The second kappa shape index (κ2) is 8.13. The Kier molecular flexibility index (Phi) is 5.26. The van der Waals surface area contributed by atoms with Gasteiger partial charge in [0.2, 0.25) is 0 Å². The van der Waals surface area contributed by atoms with Crippen LogP contribution in [0.2, 0.25) is 0 Å². The molecule has 2 aliphatic rings. The number of ether oxygens (including phenoxy) is 1. The van der Waals surface area contributed by atoms with Gasteiger partial charge in [0, 0.05) is 19.5 Å². The zero-order valence-corrected chi connectivity index (χ0v) is 18.0. The van der Waals surface area contributed by atoms with Crippen LogP contribution in [-0.2, 0) is 13.0 Å². The van der Waals surface area contributed by atoms with Crippen LogP contribution in [0.4, 0.5) is 19.0 Å². The molecule has 2 aliphatic heterocycles. The lowest BCUT2D eigenvalue weighted by molar-refractivity contribution is -0.173. The average Bonchev–Trinajstić information content (AvgIpc) is 3.26. The van der Waals surface area contributed by atoms with Gasteiger partial charge in [0.25, 0.3) is 5.91 Å². The van der Waals surface area contributed by atoms with Crippen LogP contribution in [0.5, 0.6) is 5.75 Å². The summed E-state index contributed by atoms with van der Waals surface area (Å²) in [5, 5.41) is 7.14. The molecule has 0 fully saturated rings. The second-order valence-corrected chi connectivity index (χ2v) is 8.36. The molecule has 0 aliphatic carbocycles. The van der Waals surface area contributed by atoms with Gasteiger partial charge < -0.3 is 15.0 Å². The maximum atomic E-state index is 14.0. The smallest absolute Gasteiger partial charge is 0.410 e. The van der Waals surface area contributed by atoms with E-state index in [1.165, 1.54) is 18.9 Å². The number of nitrogens with one attached hydrogen (secondary N) is 1. The number of carbonyl (C=O) groups excluding carboxylic acids is 1. The fraction of sp³-hybridized carbons (Fsp3) is 0.333. The van der Waals surface area contributed by atoms with E-state index in [0.717, 1.165) is 10.2 Å². The van der Waals surface area contributed by atoms with Crippen molar-refractivity contribution in [1.29, 1.82) is 0 Å². The Hall–Kier alpha value is -3.49. The zero-order chi connectivity index (χ0) is 23.2. The van der Waals surface area contributed by atoms with Gasteiger partial charge in [-0.15, -0.1) is 0 Å². The molecule has 0 saturated heterocycles. The summed E-state index contributed by atoms with van der Waals surface area (Å²) in [5.41, 5.74) is 3.04. The highest BCUT2D eigenvalue weighted by atomic mass is 19.4. The number of anilines is 1. The van der Waals surface area contributed by atoms with Gasteiger partial charge in [0.1, 0.15) is 17.1 Å². The zero-order valence-electron chi connectivity index (χ0n) is 18.0. The van der Waals surface area contributed by atoms with Gasteiger partial charge in [0.05, 0.1) is 19.3 Å². The Bertz CT molecular complexity index is 1190. The topological polar surface area (TPSA) is 59.4 Å². The lowest BCUT2D eigenvalue weighted by Gasteiger charge is -2.34. The molecule has 1 amide bonds. The molecule has 2 atom stereocenters. The number of alkyl halides is 3. The predicted octanol–water partition coefficient (Wildman–Crippen LogP) is 4.75. The number of aromatic nitrogens is 2. The quantitative estimate of drug-likeness (QED) is 0.618. The molecule has 5 rings (SSSR count). The van der Waals surface area contributed by atoms with Gasteiger partial charge in [-0.2, -0.15) is 18.3 Å². The van der Waals surface area contributed by atoms with Crippen LogP contribution in [0.3, 0.4) is 0 Å². The van der Waals surface area contributed by atoms with Crippen LogP contribution in [0.15, 0.2) is 54.7 Å². The first-order valence-electron chi connectivity index (χ1n) is 10.8. The standard InChI is InChI=1S/C24H23F3N4O2/c1-33-18-8-4-7-16(11-18)20-12-21(24(25,26)27)31-22(29-20)19(13-28-31)23(32)30-10-9-15-5-2-3-6-17(15)14-30/h2-8,11,13,20-21,29H,9-10,12,14H2,1H3/t20-,21-/m0/s1. The van der Waals surface area contributed by atoms with Crippen LogP contribution in [-0.4, -0.2) is 40.4 Å². The van der Waals surface area contributed by atoms with E-state index in [0.29, 0.717) is 30.8 Å². The number of carbonyl (C=O) groups is 1. The van der Waals surface area contributed by atoms with Gasteiger partial charge in [-0.25, -0.2) is 4.68 Å². The van der Waals surface area contributed by atoms with Gasteiger partial charge in [-0.1, -0.05) is 36.4 Å². The molecule has 3 heterocycles. The van der Waals surface area contributed by atoms with Crippen molar-refractivity contribution in [3.63, 3.8) is 0 Å². The summed E-state index contributed by atoms with van der Waals surface area (Å²) in [6.07, 6.45) is -2.80. The predicted molar refractivity (Wildman–Crippen MR) is 116 cm³/mol. The highest BCUT2D eigenvalue weighted by Gasteiger charge is 2.47. The van der Waals surface area contributed by atoms with Crippen LogP contribution >= 0.6 is 0 Å². The number of hydrogen-bond acceptors (Lipinski definition) is 4. The minimum atomic E-state index is -4.51. The fourth-order valence-electron chi connectivity index (χ4n) is 4.64. The summed E-state index contributed by atoms with van der Waals surface area (Å²) in [5.74, 6) is 0.325. The van der Waals surface area contributed by atoms with E-state index in [4.69, 9.17) is 4.74 Å². The van der Waals surface area contributed by atoms with Crippen LogP contribution in [0.1, 0.15) is 45.6 Å². The first-order chi connectivity index (χ1) is 15.8. The van der Waals surface area contributed by atoms with Crippen molar-refractivity contribution in [2.45, 2.75) is 37.6 Å². The van der Waals surface area contributed by atoms with Crippen molar-refractivity contribution in [2.75, 3.05) is 19.0 Å². The van der Waals surface area contributed by atoms with Crippen molar-refractivity contribution in [1.82, 2.24) is 14.7 Å². The third kappa shape index (κ3) is 3.92. The van der Waals surface area contributed by atoms with Crippen molar-refractivity contribution < 1.29 is 22.7 Å². The van der Waals surface area contributed by atoms with Crippen molar-refractivity contribution in [2.24, 2.45) is 0 Å². The second-order valence-electron chi connectivity index (χ2n) is 8.36. The van der Waals surface area contributed by atoms with E-state index < -0.39 is 18.3 Å². The normalized spacial score (nSPS) is 19.9. The molecule has 0 radical (unpaired) electrons. The maximum absolute atomic E-state index is 14.0. The van der Waals surface area contributed by atoms with E-state index in [2.05, 4.69) is 10.4 Å². The fourth-order valence-corrected chi connectivity index (χ4v) is 4.64. The maximum Gasteiger partial charge on any atom is 0.410 e. The Morgan fingerprint density at radius 2 is 1.94 bits per heavy atom. The summed E-state index contributed by atoms with van der Waals surface area (Å²) in [6.45, 7) is 0.921. The SMILES string of the molecule is COc1cccc([C@@H]2C[C@@H](C(F)(F)F)n3ncc(C(=O)N4CCc5ccccc5C4)c3N2)c1. The monoisotopic (exact) mass is 456 g/mol. The van der Waals surface area contributed by atoms with Crippen LogP contribution in [0, 0.1) is 0 Å². The summed E-state index contributed by atoms with van der Waals surface area (Å²) in [7, 11) is 1.51. The highest BCUT2D eigenvalue weighted by molar-refractivity contribution is 5.99. The summed E-state index contributed by atoms with van der Waals surface area (Å²) < 4.78 is 48.1. The lowest BCUT2D eigenvalue weighted by Crippen LogP contribution is -2.38. The highest BCUT2D eigenvalue weighted by Crippen LogP contribution is 2.45. The molecule has 0 spiro atoms. The largest absolute Gasteiger partial charge is 0.497 e. The van der Waals surface area contributed by atoms with E-state index in [1.807, 2.05) is 24.3 Å². The molecule has 9 heteroatoms. The molecule has 0 saturated carbocycles. The third-order valence-corrected chi connectivity index (χ3v) is 6.38. The number of halogens is 3. The Morgan fingerprint density at radius 3 is 2.70 bits per heavy atom. The van der Waals surface area contributed by atoms with E-state index >= 15 is 0 Å². The molecule has 2 aromatic carbocycles. The first kappa shape index (κ1) is 21.4. The molecule has 0 unspecified atom stereocenters. The Labute approximate surface area is 189 Å². The number of benzene rings is 2. The minimum absolute atomic E-state index is 0.0975. The number of methoxy groups -OCH3 is 1. The number of amides is 1. The van der Waals surface area contributed by atoms with E-state index in [1.54, 1.807) is 29.2 Å². The van der Waals surface area contributed by atoms with Gasteiger partial charge in [-0.05, 0) is 35.2 Å². The van der Waals surface area contributed by atoms with Gasteiger partial charge in [0.15, 0.2) is 6.04 Å². The van der Waals surface area contributed by atoms with Gasteiger partial charge in [-0.3, -0.25) is 4.79 Å². The molecule has 3 aromatic rings. The number of rotatable bonds is 3. The molecule has 172 valence electrons. The molecule has 0 bridgehead atoms. The Morgan fingerprint density at radius 1 is 1.15 bits per heavy atom. The average molecular weight is 456 g/mol. The minimum Gasteiger partial charge on any atom is -0.497 e. The molecule has 33 heavy (non-hydrogen) atoms. The molecule has 6 nitrogen and oxygen atoms in total. The molecular formula is C24H23F3N4O2. The van der Waals surface area contributed by atoms with Crippen molar-refractivity contribution >= 4 is 11.7 Å². The van der Waals surface area contributed by atoms with Crippen molar-refractivity contribution in [3.05, 3.63) is 77.0 Å². The number of nitrogens with zero attached hydrogens (tertiary/aromatic N) is 3. The van der Waals surface area contributed by atoms with Crippen molar-refractivity contribution in [3.8, 4) is 5.75 Å². The third-order valence-electron chi connectivity index (χ3n) is 6.38. The molecule has 1 aromatic heterocycles. The van der Waals surface area contributed by atoms with Crippen LogP contribution in [0.25, 0.3) is 0 Å². The summed E-state index contributed by atoms with van der Waals surface area (Å²) in [6, 6.07) is 12.3. The Balaban J connectivity index is 1.49. The summed E-state index contributed by atoms with van der Waals surface area (Å²) >= 11 is 0. The number of hydrogen-bond donors (Lipinski definition) is 1. The lowest BCUT2D eigenvalue weighted by atomic mass is 9.96. The van der Waals surface area contributed by atoms with Gasteiger partial charge >= 0.3 is 6.18 Å². The van der Waals surface area contributed by atoms with E-state index in [9.17, 15) is 18.0 Å². The summed E-state index contributed by atoms with van der Waals surface area (Å²) in [4.78, 5) is 15.0. The molecule has 1 N–H and O–H groups in total. The van der Waals surface area contributed by atoms with Crippen LogP contribution < -0.4 is 10.1 Å². The first-order valence-corrected chi connectivity index (χ1v) is 10.8. The van der Waals surface area contributed by atoms with E-state index in [-0.39, 0.29) is 23.7 Å². The number of fused-ring (bicyclic) bond motifs is 2. The molecular weight excluding hydrogens is 433 g/mol.